The molecule has 1 N–H and O–H groups in total. The number of ether oxygens (including phenoxy) is 2. The molecule has 1 aromatic heterocycles. The monoisotopic (exact) mass is 427 g/mol. The van der Waals surface area contributed by atoms with Gasteiger partial charge in [-0.2, -0.15) is 0 Å². The van der Waals surface area contributed by atoms with Crippen LogP contribution in [-0.2, 0) is 16.1 Å². The Morgan fingerprint density at radius 1 is 1.21 bits per heavy atom. The van der Waals surface area contributed by atoms with Crippen molar-refractivity contribution in [3.05, 3.63) is 69.1 Å². The van der Waals surface area contributed by atoms with Crippen LogP contribution in [0.5, 0.6) is 5.75 Å². The van der Waals surface area contributed by atoms with Crippen LogP contribution in [0.4, 0.5) is 5.69 Å². The van der Waals surface area contributed by atoms with E-state index in [0.29, 0.717) is 22.2 Å². The molecule has 0 fully saturated rings. The molecule has 1 amide bonds. The van der Waals surface area contributed by atoms with Gasteiger partial charge in [0.05, 0.1) is 10.7 Å². The van der Waals surface area contributed by atoms with Crippen LogP contribution in [0.25, 0.3) is 10.4 Å². The molecule has 4 rings (SSSR count). The van der Waals surface area contributed by atoms with Gasteiger partial charge in [-0.15, -0.1) is 11.3 Å². The third-order valence-corrected chi connectivity index (χ3v) is 6.04. The third-order valence-electron chi connectivity index (χ3n) is 4.56. The van der Waals surface area contributed by atoms with E-state index >= 15 is 0 Å². The topological polar surface area (TPSA) is 64.6 Å². The van der Waals surface area contributed by atoms with Crippen LogP contribution in [0.15, 0.2) is 42.5 Å². The summed E-state index contributed by atoms with van der Waals surface area (Å²) in [7, 11) is 0. The molecule has 0 saturated carbocycles. The Bertz CT molecular complexity index is 1100. The molecular formula is C22H18ClNO4S. The van der Waals surface area contributed by atoms with E-state index < -0.39 is 18.5 Å². The van der Waals surface area contributed by atoms with Crippen molar-refractivity contribution in [2.24, 2.45) is 0 Å². The van der Waals surface area contributed by atoms with Gasteiger partial charge in [0.15, 0.2) is 6.61 Å². The van der Waals surface area contributed by atoms with Crippen LogP contribution in [0.3, 0.4) is 0 Å². The predicted molar refractivity (Wildman–Crippen MR) is 114 cm³/mol. The van der Waals surface area contributed by atoms with Crippen molar-refractivity contribution < 1.29 is 19.1 Å². The maximum atomic E-state index is 12.5. The summed E-state index contributed by atoms with van der Waals surface area (Å²) < 4.78 is 10.9. The number of rotatable bonds is 4. The van der Waals surface area contributed by atoms with Gasteiger partial charge in [-0.25, -0.2) is 4.79 Å². The molecule has 1 aliphatic rings. The predicted octanol–water partition coefficient (Wildman–Crippen LogP) is 5.37. The lowest BCUT2D eigenvalue weighted by Gasteiger charge is -2.16. The molecule has 0 aliphatic carbocycles. The molecular weight excluding hydrogens is 410 g/mol. The number of carbonyl (C=O) groups excluding carboxylic acids is 2. The highest BCUT2D eigenvalue weighted by atomic mass is 35.5. The summed E-state index contributed by atoms with van der Waals surface area (Å²) in [5.41, 5.74) is 4.27. The first kappa shape index (κ1) is 19.5. The average molecular weight is 428 g/mol. The molecule has 0 saturated heterocycles. The van der Waals surface area contributed by atoms with E-state index in [1.54, 1.807) is 12.1 Å². The van der Waals surface area contributed by atoms with Gasteiger partial charge in [-0.3, -0.25) is 4.79 Å². The number of benzene rings is 2. The number of hydrogen-bond acceptors (Lipinski definition) is 5. The number of amides is 1. The van der Waals surface area contributed by atoms with Crippen LogP contribution < -0.4 is 10.1 Å². The number of halogens is 1. The Balaban J connectivity index is 1.42. The van der Waals surface area contributed by atoms with E-state index in [0.717, 1.165) is 32.9 Å². The fourth-order valence-electron chi connectivity index (χ4n) is 3.25. The molecule has 2 heterocycles. The van der Waals surface area contributed by atoms with Gasteiger partial charge in [-0.05, 0) is 49.2 Å². The summed E-state index contributed by atoms with van der Waals surface area (Å²) in [6.45, 7) is 3.80. The second-order valence-electron chi connectivity index (χ2n) is 6.81. The average Bonchev–Trinajstić information content (AvgIpc) is 3.14. The van der Waals surface area contributed by atoms with Gasteiger partial charge < -0.3 is 14.8 Å². The van der Waals surface area contributed by atoms with Crippen molar-refractivity contribution in [3.8, 4) is 16.2 Å². The van der Waals surface area contributed by atoms with Crippen molar-refractivity contribution in [2.75, 3.05) is 11.9 Å². The van der Waals surface area contributed by atoms with Crippen molar-refractivity contribution in [1.82, 2.24) is 0 Å². The first-order valence-electron chi connectivity index (χ1n) is 9.01. The zero-order valence-electron chi connectivity index (χ0n) is 15.9. The van der Waals surface area contributed by atoms with Crippen LogP contribution in [-0.4, -0.2) is 18.5 Å². The fraction of sp³-hybridized carbons (Fsp3) is 0.182. The second-order valence-corrected chi connectivity index (χ2v) is 8.27. The van der Waals surface area contributed by atoms with Gasteiger partial charge in [0.1, 0.15) is 17.2 Å². The molecule has 5 nitrogen and oxygen atoms in total. The maximum absolute atomic E-state index is 12.5. The quantitative estimate of drug-likeness (QED) is 0.568. The molecule has 7 heteroatoms. The van der Waals surface area contributed by atoms with Crippen molar-refractivity contribution in [2.45, 2.75) is 20.5 Å². The minimum atomic E-state index is -0.538. The lowest BCUT2D eigenvalue weighted by atomic mass is 10.1. The number of fused-ring (bicyclic) bond motifs is 3. The molecule has 0 radical (unpaired) electrons. The van der Waals surface area contributed by atoms with E-state index in [1.165, 1.54) is 11.3 Å². The second kappa shape index (κ2) is 7.89. The molecule has 0 spiro atoms. The van der Waals surface area contributed by atoms with Gasteiger partial charge in [0.2, 0.25) is 0 Å². The van der Waals surface area contributed by atoms with E-state index in [9.17, 15) is 9.59 Å². The van der Waals surface area contributed by atoms with Crippen molar-refractivity contribution in [3.63, 3.8) is 0 Å². The molecule has 0 bridgehead atoms. The molecule has 3 aromatic rings. The fourth-order valence-corrected chi connectivity index (χ4v) is 4.71. The smallest absolute Gasteiger partial charge is 0.348 e. The van der Waals surface area contributed by atoms with Crippen LogP contribution in [0, 0.1) is 13.8 Å². The number of hydrogen-bond donors (Lipinski definition) is 1. The minimum Gasteiger partial charge on any atom is -0.488 e. The number of nitrogens with one attached hydrogen (secondary N) is 1. The highest BCUT2D eigenvalue weighted by molar-refractivity contribution is 7.17. The SMILES string of the molecule is Cc1cc(C)c(NC(=O)COC(=O)c2cc3c(s2)-c2ccccc2OC3)c(Cl)c1. The molecule has 0 atom stereocenters. The molecule has 148 valence electrons. The lowest BCUT2D eigenvalue weighted by molar-refractivity contribution is -0.119. The number of esters is 1. The molecule has 29 heavy (non-hydrogen) atoms. The van der Waals surface area contributed by atoms with Crippen LogP contribution in [0.1, 0.15) is 26.4 Å². The zero-order chi connectivity index (χ0) is 20.5. The number of thiophene rings is 1. The van der Waals surface area contributed by atoms with E-state index in [2.05, 4.69) is 5.32 Å². The van der Waals surface area contributed by atoms with E-state index in [4.69, 9.17) is 21.1 Å². The Morgan fingerprint density at radius 2 is 2.00 bits per heavy atom. The minimum absolute atomic E-state index is 0.391. The van der Waals surface area contributed by atoms with Gasteiger partial charge >= 0.3 is 5.97 Å². The number of para-hydroxylation sites is 1. The summed E-state index contributed by atoms with van der Waals surface area (Å²) in [5, 5.41) is 3.16. The van der Waals surface area contributed by atoms with Crippen molar-refractivity contribution in [1.29, 1.82) is 0 Å². The Morgan fingerprint density at radius 3 is 2.79 bits per heavy atom. The van der Waals surface area contributed by atoms with E-state index in [-0.39, 0.29) is 0 Å². The zero-order valence-corrected chi connectivity index (χ0v) is 17.4. The Kier molecular flexibility index (Phi) is 5.30. The lowest BCUT2D eigenvalue weighted by Crippen LogP contribution is -2.21. The number of carbonyl (C=O) groups is 2. The van der Waals surface area contributed by atoms with Crippen molar-refractivity contribution >= 4 is 40.5 Å². The summed E-state index contributed by atoms with van der Waals surface area (Å²) >= 11 is 7.55. The standard InChI is InChI=1S/C22H18ClNO4S/c1-12-7-13(2)20(16(23)8-12)24-19(25)11-28-22(26)18-9-14-10-27-17-6-4-3-5-15(17)21(14)29-18/h3-9H,10-11H2,1-2H3,(H,24,25). The third kappa shape index (κ3) is 3.99. The summed E-state index contributed by atoms with van der Waals surface area (Å²) in [4.78, 5) is 26.1. The highest BCUT2D eigenvalue weighted by Crippen LogP contribution is 2.42. The first-order chi connectivity index (χ1) is 13.9. The largest absolute Gasteiger partial charge is 0.488 e. The molecule has 1 aliphatic heterocycles. The van der Waals surface area contributed by atoms with Crippen LogP contribution in [0.2, 0.25) is 5.02 Å². The van der Waals surface area contributed by atoms with Gasteiger partial charge in [-0.1, -0.05) is 29.8 Å². The maximum Gasteiger partial charge on any atom is 0.348 e. The molecule has 2 aromatic carbocycles. The number of anilines is 1. The summed E-state index contributed by atoms with van der Waals surface area (Å²) in [6.07, 6.45) is 0. The normalized spacial score (nSPS) is 11.8. The summed E-state index contributed by atoms with van der Waals surface area (Å²) in [6, 6.07) is 13.1. The highest BCUT2D eigenvalue weighted by Gasteiger charge is 2.23. The van der Waals surface area contributed by atoms with Crippen LogP contribution >= 0.6 is 22.9 Å². The Hall–Kier alpha value is -2.83. The Labute approximate surface area is 177 Å². The van der Waals surface area contributed by atoms with Gasteiger partial charge in [0.25, 0.3) is 5.91 Å². The van der Waals surface area contributed by atoms with E-state index in [1.807, 2.05) is 44.2 Å². The van der Waals surface area contributed by atoms with Gasteiger partial charge in [0, 0.05) is 16.0 Å². The first-order valence-corrected chi connectivity index (χ1v) is 10.2. The molecule has 0 unspecified atom stereocenters. The number of aryl methyl sites for hydroxylation is 2. The summed E-state index contributed by atoms with van der Waals surface area (Å²) in [5.74, 6) is -0.183.